The molecule has 4 aliphatic rings. The van der Waals surface area contributed by atoms with E-state index in [-0.39, 0.29) is 53.1 Å². The van der Waals surface area contributed by atoms with Gasteiger partial charge in [-0.2, -0.15) is 0 Å². The normalized spacial score (nSPS) is 23.6. The number of ether oxygens (including phenoxy) is 3. The number of Topliss-reactive ketones (excluding diaryl/α,β-unsaturated/α-hetero) is 1. The van der Waals surface area contributed by atoms with Crippen molar-refractivity contribution in [2.75, 3.05) is 6.79 Å². The number of hydrogen-bond donors (Lipinski definition) is 1. The van der Waals surface area contributed by atoms with Crippen LogP contribution in [0.1, 0.15) is 70.8 Å². The molecule has 1 fully saturated rings. The van der Waals surface area contributed by atoms with Crippen LogP contribution in [0.2, 0.25) is 0 Å². The zero-order valence-electron chi connectivity index (χ0n) is 19.6. The number of ketones is 1. The molecule has 2 aliphatic carbocycles. The second-order valence-electron chi connectivity index (χ2n) is 10.3. The molecule has 2 heterocycles. The van der Waals surface area contributed by atoms with Crippen molar-refractivity contribution in [2.24, 2.45) is 5.41 Å². The molecule has 1 aromatic rings. The highest BCUT2D eigenvalue weighted by Gasteiger charge is 2.46. The molecule has 1 N–H and O–H groups in total. The highest BCUT2D eigenvalue weighted by Crippen LogP contribution is 2.51. The van der Waals surface area contributed by atoms with E-state index in [1.54, 1.807) is 6.92 Å². The molecule has 0 bridgehead atoms. The largest absolute Gasteiger partial charge is 0.459 e. The van der Waals surface area contributed by atoms with Crippen molar-refractivity contribution in [1.29, 1.82) is 0 Å². The van der Waals surface area contributed by atoms with E-state index < -0.39 is 16.8 Å². The summed E-state index contributed by atoms with van der Waals surface area (Å²) in [7, 11) is 0. The van der Waals surface area contributed by atoms with Crippen molar-refractivity contribution in [1.82, 2.24) is 5.32 Å². The Morgan fingerprint density at radius 2 is 1.85 bits per heavy atom. The van der Waals surface area contributed by atoms with E-state index >= 15 is 0 Å². The SMILES string of the molecule is CC1=C(C(=O)OC2CCCC2)[C@@H](c2cc3c(cc2[N+](=O)[O-])OCO3)C2=C(CC(C)(C)CC2=O)N1. The van der Waals surface area contributed by atoms with Gasteiger partial charge in [0, 0.05) is 29.0 Å². The molecular formula is C25H28N2O7. The molecule has 0 aromatic heterocycles. The third-order valence-corrected chi connectivity index (χ3v) is 7.07. The van der Waals surface area contributed by atoms with Gasteiger partial charge in [-0.25, -0.2) is 4.79 Å². The highest BCUT2D eigenvalue weighted by molar-refractivity contribution is 6.04. The van der Waals surface area contributed by atoms with E-state index in [0.29, 0.717) is 29.1 Å². The van der Waals surface area contributed by atoms with Gasteiger partial charge in [-0.1, -0.05) is 13.8 Å². The maximum atomic E-state index is 13.5. The van der Waals surface area contributed by atoms with Gasteiger partial charge in [0.25, 0.3) is 5.69 Å². The quantitative estimate of drug-likeness (QED) is 0.392. The number of nitro benzene ring substituents is 1. The molecule has 0 radical (unpaired) electrons. The molecule has 2 aliphatic heterocycles. The van der Waals surface area contributed by atoms with E-state index in [2.05, 4.69) is 5.32 Å². The van der Waals surface area contributed by atoms with Crippen molar-refractivity contribution in [3.8, 4) is 11.5 Å². The number of carbonyl (C=O) groups excluding carboxylic acids is 2. The molecule has 5 rings (SSSR count). The van der Waals surface area contributed by atoms with Crippen LogP contribution < -0.4 is 14.8 Å². The second-order valence-corrected chi connectivity index (χ2v) is 10.3. The Morgan fingerprint density at radius 1 is 1.18 bits per heavy atom. The first-order chi connectivity index (χ1) is 16.1. The summed E-state index contributed by atoms with van der Waals surface area (Å²) >= 11 is 0. The van der Waals surface area contributed by atoms with Gasteiger partial charge in [0.2, 0.25) is 6.79 Å². The molecule has 34 heavy (non-hydrogen) atoms. The minimum Gasteiger partial charge on any atom is -0.459 e. The van der Waals surface area contributed by atoms with Crippen molar-refractivity contribution < 1.29 is 28.7 Å². The fourth-order valence-electron chi connectivity index (χ4n) is 5.58. The number of rotatable bonds is 4. The molecule has 0 spiro atoms. The van der Waals surface area contributed by atoms with Gasteiger partial charge in [0.15, 0.2) is 17.3 Å². The zero-order valence-corrected chi connectivity index (χ0v) is 19.6. The number of nitrogens with one attached hydrogen (secondary N) is 1. The molecular weight excluding hydrogens is 440 g/mol. The summed E-state index contributed by atoms with van der Waals surface area (Å²) in [4.78, 5) is 38.6. The number of fused-ring (bicyclic) bond motifs is 1. The van der Waals surface area contributed by atoms with Gasteiger partial charge >= 0.3 is 5.97 Å². The van der Waals surface area contributed by atoms with Crippen LogP contribution in [0.25, 0.3) is 0 Å². The molecule has 1 saturated carbocycles. The number of nitrogens with zero attached hydrogens (tertiary/aromatic N) is 1. The minimum absolute atomic E-state index is 0.0469. The summed E-state index contributed by atoms with van der Waals surface area (Å²) in [5, 5.41) is 15.4. The number of nitro groups is 1. The first-order valence-corrected chi connectivity index (χ1v) is 11.7. The van der Waals surface area contributed by atoms with Crippen LogP contribution in [0.3, 0.4) is 0 Å². The molecule has 9 heteroatoms. The third kappa shape index (κ3) is 3.82. The number of hydrogen-bond acceptors (Lipinski definition) is 8. The average molecular weight is 469 g/mol. The Hall–Kier alpha value is -3.36. The van der Waals surface area contributed by atoms with Crippen molar-refractivity contribution >= 4 is 17.4 Å². The Morgan fingerprint density at radius 3 is 2.53 bits per heavy atom. The van der Waals surface area contributed by atoms with E-state index in [9.17, 15) is 19.7 Å². The molecule has 0 unspecified atom stereocenters. The lowest BCUT2D eigenvalue weighted by Crippen LogP contribution is -2.39. The van der Waals surface area contributed by atoms with Gasteiger partial charge < -0.3 is 19.5 Å². The summed E-state index contributed by atoms with van der Waals surface area (Å²) in [6, 6.07) is 2.84. The summed E-state index contributed by atoms with van der Waals surface area (Å²) in [6.45, 7) is 5.73. The zero-order chi connectivity index (χ0) is 24.2. The number of allylic oxidation sites excluding steroid dienone is 3. The Bertz CT molecular complexity index is 1160. The lowest BCUT2D eigenvalue weighted by atomic mass is 9.68. The van der Waals surface area contributed by atoms with Gasteiger partial charge in [-0.15, -0.1) is 0 Å². The lowest BCUT2D eigenvalue weighted by molar-refractivity contribution is -0.385. The fraction of sp³-hybridized carbons (Fsp3) is 0.520. The van der Waals surface area contributed by atoms with Crippen LogP contribution in [-0.4, -0.2) is 29.6 Å². The van der Waals surface area contributed by atoms with Crippen molar-refractivity contribution in [3.05, 3.63) is 50.4 Å². The van der Waals surface area contributed by atoms with E-state index in [1.807, 2.05) is 13.8 Å². The van der Waals surface area contributed by atoms with Crippen LogP contribution in [-0.2, 0) is 14.3 Å². The summed E-state index contributed by atoms with van der Waals surface area (Å²) < 4.78 is 16.7. The number of benzene rings is 1. The molecule has 9 nitrogen and oxygen atoms in total. The maximum absolute atomic E-state index is 13.5. The third-order valence-electron chi connectivity index (χ3n) is 7.07. The number of dihydropyridines is 1. The second kappa shape index (κ2) is 8.14. The summed E-state index contributed by atoms with van der Waals surface area (Å²) in [6.07, 6.45) is 4.26. The van der Waals surface area contributed by atoms with Crippen LogP contribution >= 0.6 is 0 Å². The van der Waals surface area contributed by atoms with E-state index in [1.165, 1.54) is 12.1 Å². The standard InChI is InChI=1S/C25H28N2O7/c1-13-21(24(29)34-14-6-4-5-7-14)22(23-16(26-13)10-25(2,3)11-18(23)28)15-8-19-20(33-12-32-19)9-17(15)27(30)31/h8-9,14,22,26H,4-7,10-12H2,1-3H3/t22-/m1/s1. The lowest BCUT2D eigenvalue weighted by Gasteiger charge is -2.39. The molecule has 0 saturated heterocycles. The first-order valence-electron chi connectivity index (χ1n) is 11.7. The molecule has 0 amide bonds. The predicted octanol–water partition coefficient (Wildman–Crippen LogP) is 4.41. The number of esters is 1. The first kappa shape index (κ1) is 22.4. The van der Waals surface area contributed by atoms with Gasteiger partial charge in [-0.3, -0.25) is 14.9 Å². The summed E-state index contributed by atoms with van der Waals surface area (Å²) in [5.41, 5.74) is 1.62. The smallest absolute Gasteiger partial charge is 0.337 e. The van der Waals surface area contributed by atoms with Gasteiger partial charge in [0.1, 0.15) is 6.10 Å². The fourth-order valence-corrected chi connectivity index (χ4v) is 5.58. The maximum Gasteiger partial charge on any atom is 0.337 e. The van der Waals surface area contributed by atoms with Crippen LogP contribution in [0, 0.1) is 15.5 Å². The predicted molar refractivity (Wildman–Crippen MR) is 121 cm³/mol. The van der Waals surface area contributed by atoms with Crippen LogP contribution in [0.5, 0.6) is 11.5 Å². The minimum atomic E-state index is -0.927. The van der Waals surface area contributed by atoms with Crippen LogP contribution in [0.4, 0.5) is 5.69 Å². The van der Waals surface area contributed by atoms with Crippen molar-refractivity contribution in [3.63, 3.8) is 0 Å². The monoisotopic (exact) mass is 468 g/mol. The topological polar surface area (TPSA) is 117 Å². The Kier molecular flexibility index (Phi) is 5.37. The van der Waals surface area contributed by atoms with E-state index in [0.717, 1.165) is 25.7 Å². The molecule has 180 valence electrons. The molecule has 1 atom stereocenters. The summed E-state index contributed by atoms with van der Waals surface area (Å²) in [5.74, 6) is -0.979. The number of carbonyl (C=O) groups is 2. The Labute approximate surface area is 197 Å². The van der Waals surface area contributed by atoms with Crippen LogP contribution in [0.15, 0.2) is 34.7 Å². The average Bonchev–Trinajstić information content (AvgIpc) is 3.41. The molecule has 1 aromatic carbocycles. The highest BCUT2D eigenvalue weighted by atomic mass is 16.7. The van der Waals surface area contributed by atoms with Crippen molar-refractivity contribution in [2.45, 2.75) is 71.3 Å². The van der Waals surface area contributed by atoms with Gasteiger partial charge in [-0.05, 0) is 50.5 Å². The Balaban J connectivity index is 1.68. The van der Waals surface area contributed by atoms with Gasteiger partial charge in [0.05, 0.1) is 22.5 Å². The van der Waals surface area contributed by atoms with E-state index in [4.69, 9.17) is 14.2 Å².